The van der Waals surface area contributed by atoms with Crippen molar-refractivity contribution in [2.24, 2.45) is 0 Å². The maximum Gasteiger partial charge on any atom is 0.238 e. The Bertz CT molecular complexity index is 721. The average Bonchev–Trinajstić information content (AvgIpc) is 2.91. The normalized spacial score (nSPS) is 11.3. The zero-order valence-corrected chi connectivity index (χ0v) is 13.0. The number of anilines is 1. The fourth-order valence-electron chi connectivity index (χ4n) is 2.02. The van der Waals surface area contributed by atoms with Crippen molar-refractivity contribution in [3.8, 4) is 11.3 Å². The Morgan fingerprint density at radius 3 is 2.57 bits per heavy atom. The van der Waals surface area contributed by atoms with E-state index in [4.69, 9.17) is 0 Å². The summed E-state index contributed by atoms with van der Waals surface area (Å²) in [6, 6.07) is 9.56. The Morgan fingerprint density at radius 2 is 2.00 bits per heavy atom. The highest BCUT2D eigenvalue weighted by Crippen LogP contribution is 2.30. The molecule has 1 aromatic heterocycles. The van der Waals surface area contributed by atoms with Crippen LogP contribution in [-0.4, -0.2) is 31.0 Å². The SMILES string of the molecule is C=CCS(=O)(=O)N(C)c1cn(CC)nc1-c1ccccc1. The summed E-state index contributed by atoms with van der Waals surface area (Å²) in [6.45, 7) is 6.14. The maximum absolute atomic E-state index is 12.2. The first-order valence-corrected chi connectivity index (χ1v) is 8.31. The molecule has 21 heavy (non-hydrogen) atoms. The van der Waals surface area contributed by atoms with Gasteiger partial charge in [-0.05, 0) is 6.92 Å². The van der Waals surface area contributed by atoms with Crippen LogP contribution in [-0.2, 0) is 16.6 Å². The lowest BCUT2D eigenvalue weighted by atomic mass is 10.1. The van der Waals surface area contributed by atoms with E-state index in [-0.39, 0.29) is 5.75 Å². The van der Waals surface area contributed by atoms with Gasteiger partial charge < -0.3 is 0 Å². The Balaban J connectivity index is 2.53. The third-order valence-electron chi connectivity index (χ3n) is 3.20. The molecule has 1 aromatic carbocycles. The Kier molecular flexibility index (Phi) is 4.47. The van der Waals surface area contributed by atoms with Gasteiger partial charge in [-0.3, -0.25) is 8.99 Å². The number of aromatic nitrogens is 2. The molecule has 0 aliphatic carbocycles. The minimum Gasteiger partial charge on any atom is -0.270 e. The molecule has 2 rings (SSSR count). The molecule has 112 valence electrons. The zero-order valence-electron chi connectivity index (χ0n) is 12.2. The Labute approximate surface area is 125 Å². The summed E-state index contributed by atoms with van der Waals surface area (Å²) < 4.78 is 27.5. The van der Waals surface area contributed by atoms with Gasteiger partial charge >= 0.3 is 0 Å². The minimum absolute atomic E-state index is 0.102. The maximum atomic E-state index is 12.2. The van der Waals surface area contributed by atoms with Gasteiger partial charge in [0.1, 0.15) is 5.69 Å². The van der Waals surface area contributed by atoms with E-state index in [0.717, 1.165) is 5.56 Å². The van der Waals surface area contributed by atoms with E-state index in [1.165, 1.54) is 10.4 Å². The van der Waals surface area contributed by atoms with Gasteiger partial charge in [0.15, 0.2) is 0 Å². The quantitative estimate of drug-likeness (QED) is 0.771. The monoisotopic (exact) mass is 305 g/mol. The van der Waals surface area contributed by atoms with Crippen LogP contribution in [0.5, 0.6) is 0 Å². The molecule has 0 bridgehead atoms. The van der Waals surface area contributed by atoms with E-state index in [1.807, 2.05) is 37.3 Å². The summed E-state index contributed by atoms with van der Waals surface area (Å²) in [4.78, 5) is 0. The highest BCUT2D eigenvalue weighted by molar-refractivity contribution is 7.92. The number of hydrogen-bond donors (Lipinski definition) is 0. The van der Waals surface area contributed by atoms with Crippen LogP contribution in [0.4, 0.5) is 5.69 Å². The first kappa shape index (κ1) is 15.3. The molecule has 2 aromatic rings. The van der Waals surface area contributed by atoms with Crippen molar-refractivity contribution in [3.63, 3.8) is 0 Å². The molecule has 0 amide bonds. The zero-order chi connectivity index (χ0) is 15.5. The van der Waals surface area contributed by atoms with Gasteiger partial charge in [-0.25, -0.2) is 8.42 Å². The summed E-state index contributed by atoms with van der Waals surface area (Å²) in [5.41, 5.74) is 2.12. The van der Waals surface area contributed by atoms with Gasteiger partial charge in [0.05, 0.1) is 11.4 Å². The number of nitrogens with zero attached hydrogens (tertiary/aromatic N) is 3. The molecule has 0 unspecified atom stereocenters. The molecular weight excluding hydrogens is 286 g/mol. The molecule has 0 aliphatic rings. The van der Waals surface area contributed by atoms with Gasteiger partial charge in [-0.15, -0.1) is 6.58 Å². The van der Waals surface area contributed by atoms with Crippen LogP contribution < -0.4 is 4.31 Å². The first-order valence-electron chi connectivity index (χ1n) is 6.70. The molecule has 6 heteroatoms. The number of hydrogen-bond acceptors (Lipinski definition) is 3. The van der Waals surface area contributed by atoms with Gasteiger partial charge in [0.25, 0.3) is 0 Å². The van der Waals surface area contributed by atoms with Gasteiger partial charge in [0.2, 0.25) is 10.0 Å². The second kappa shape index (κ2) is 6.13. The van der Waals surface area contributed by atoms with Crippen molar-refractivity contribution in [3.05, 3.63) is 49.2 Å². The molecule has 0 fully saturated rings. The molecule has 0 saturated heterocycles. The van der Waals surface area contributed by atoms with Crippen LogP contribution >= 0.6 is 0 Å². The van der Waals surface area contributed by atoms with Crippen LogP contribution in [0, 0.1) is 0 Å². The second-order valence-electron chi connectivity index (χ2n) is 4.62. The third-order valence-corrected chi connectivity index (χ3v) is 4.89. The number of benzene rings is 1. The lowest BCUT2D eigenvalue weighted by Crippen LogP contribution is -2.28. The summed E-state index contributed by atoms with van der Waals surface area (Å²) in [5.74, 6) is -0.102. The van der Waals surface area contributed by atoms with E-state index in [2.05, 4.69) is 11.7 Å². The standard InChI is InChI=1S/C15H19N3O2S/c1-4-11-21(19,20)17(3)14-12-18(5-2)16-15(14)13-9-7-6-8-10-13/h4,6-10,12H,1,5,11H2,2-3H3. The topological polar surface area (TPSA) is 55.2 Å². The van der Waals surface area contributed by atoms with Gasteiger partial charge in [0, 0.05) is 25.4 Å². The number of rotatable bonds is 6. The number of aryl methyl sites for hydroxylation is 1. The largest absolute Gasteiger partial charge is 0.270 e. The van der Waals surface area contributed by atoms with Crippen molar-refractivity contribution >= 4 is 15.7 Å². The van der Waals surface area contributed by atoms with Crippen LogP contribution in [0.2, 0.25) is 0 Å². The fraction of sp³-hybridized carbons (Fsp3) is 0.267. The van der Waals surface area contributed by atoms with Crippen molar-refractivity contribution in [1.29, 1.82) is 0 Å². The summed E-state index contributed by atoms with van der Waals surface area (Å²) in [7, 11) is -1.88. The van der Waals surface area contributed by atoms with E-state index < -0.39 is 10.0 Å². The highest BCUT2D eigenvalue weighted by atomic mass is 32.2. The molecule has 0 aliphatic heterocycles. The molecule has 0 radical (unpaired) electrons. The average molecular weight is 305 g/mol. The van der Waals surface area contributed by atoms with Crippen LogP contribution in [0.15, 0.2) is 49.2 Å². The molecule has 0 saturated carbocycles. The second-order valence-corrected chi connectivity index (χ2v) is 6.66. The lowest BCUT2D eigenvalue weighted by Gasteiger charge is -2.18. The van der Waals surface area contributed by atoms with Crippen molar-refractivity contribution in [2.45, 2.75) is 13.5 Å². The van der Waals surface area contributed by atoms with E-state index in [1.54, 1.807) is 17.9 Å². The lowest BCUT2D eigenvalue weighted by molar-refractivity contribution is 0.597. The van der Waals surface area contributed by atoms with E-state index >= 15 is 0 Å². The number of sulfonamides is 1. The molecule has 1 heterocycles. The van der Waals surface area contributed by atoms with E-state index in [9.17, 15) is 8.42 Å². The molecule has 0 spiro atoms. The van der Waals surface area contributed by atoms with Gasteiger partial charge in [-0.2, -0.15) is 5.10 Å². The third kappa shape index (κ3) is 3.16. The Morgan fingerprint density at radius 1 is 1.33 bits per heavy atom. The smallest absolute Gasteiger partial charge is 0.238 e. The van der Waals surface area contributed by atoms with Crippen LogP contribution in [0.25, 0.3) is 11.3 Å². The predicted molar refractivity (Wildman–Crippen MR) is 85.7 cm³/mol. The molecular formula is C15H19N3O2S. The van der Waals surface area contributed by atoms with Crippen molar-refractivity contribution < 1.29 is 8.42 Å². The Hall–Kier alpha value is -2.08. The molecule has 0 N–H and O–H groups in total. The van der Waals surface area contributed by atoms with Crippen molar-refractivity contribution in [1.82, 2.24) is 9.78 Å². The summed E-state index contributed by atoms with van der Waals surface area (Å²) in [6.07, 6.45) is 3.14. The fourth-order valence-corrected chi connectivity index (χ4v) is 2.97. The summed E-state index contributed by atoms with van der Waals surface area (Å²) >= 11 is 0. The highest BCUT2D eigenvalue weighted by Gasteiger charge is 2.22. The molecule has 5 nitrogen and oxygen atoms in total. The van der Waals surface area contributed by atoms with Crippen molar-refractivity contribution in [2.75, 3.05) is 17.1 Å². The van der Waals surface area contributed by atoms with Crippen LogP contribution in [0.3, 0.4) is 0 Å². The predicted octanol–water partition coefficient (Wildman–Crippen LogP) is 2.52. The summed E-state index contributed by atoms with van der Waals surface area (Å²) in [5, 5.41) is 4.48. The first-order chi connectivity index (χ1) is 9.99. The molecule has 0 atom stereocenters. The minimum atomic E-state index is -3.43. The van der Waals surface area contributed by atoms with Crippen LogP contribution in [0.1, 0.15) is 6.92 Å². The van der Waals surface area contributed by atoms with Gasteiger partial charge in [-0.1, -0.05) is 36.4 Å². The van der Waals surface area contributed by atoms with E-state index in [0.29, 0.717) is 17.9 Å².